The van der Waals surface area contributed by atoms with Crippen molar-refractivity contribution in [1.82, 2.24) is 9.78 Å². The number of hydrogen-bond acceptors (Lipinski definition) is 4. The Kier molecular flexibility index (Phi) is 5.19. The normalized spacial score (nSPS) is 11.2. The van der Waals surface area contributed by atoms with E-state index in [9.17, 15) is 4.79 Å². The van der Waals surface area contributed by atoms with Crippen LogP contribution in [-0.2, 0) is 13.7 Å². The number of halogens is 1. The molecule has 25 heavy (non-hydrogen) atoms. The van der Waals surface area contributed by atoms with Gasteiger partial charge >= 0.3 is 0 Å². The van der Waals surface area contributed by atoms with Gasteiger partial charge in [0.1, 0.15) is 29.6 Å². The van der Waals surface area contributed by atoms with Gasteiger partial charge in [0.05, 0.1) is 10.2 Å². The van der Waals surface area contributed by atoms with E-state index in [1.165, 1.54) is 6.08 Å². The zero-order chi connectivity index (χ0) is 17.8. The summed E-state index contributed by atoms with van der Waals surface area (Å²) in [6.07, 6.45) is 3.13. The fourth-order valence-electron chi connectivity index (χ4n) is 2.36. The maximum Gasteiger partial charge on any atom is 0.203 e. The van der Waals surface area contributed by atoms with Crippen molar-refractivity contribution in [2.75, 3.05) is 0 Å². The molecule has 0 atom stereocenters. The molecule has 0 unspecified atom stereocenters. The number of para-hydroxylation sites is 1. The molecule has 0 fully saturated rings. The van der Waals surface area contributed by atoms with E-state index in [-0.39, 0.29) is 5.78 Å². The highest BCUT2D eigenvalue weighted by Crippen LogP contribution is 2.25. The molecule has 0 spiro atoms. The van der Waals surface area contributed by atoms with Crippen molar-refractivity contribution in [3.05, 3.63) is 75.9 Å². The van der Waals surface area contributed by atoms with Crippen LogP contribution in [0.3, 0.4) is 0 Å². The largest absolute Gasteiger partial charge is 0.484 e. The topological polar surface area (TPSA) is 57.3 Å². The summed E-state index contributed by atoms with van der Waals surface area (Å²) in [5.41, 5.74) is 1.35. The van der Waals surface area contributed by atoms with Gasteiger partial charge in [-0.2, -0.15) is 5.10 Å². The first-order chi connectivity index (χ1) is 12.0. The Balaban J connectivity index is 1.62. The standard InChI is InChI=1S/C19H17BrN2O3/c1-13-11-17(22(2)21-13)18(23)10-9-14-7-8-15(25-14)12-24-19-6-4-3-5-16(19)20/h3-11H,12H2,1-2H3/b10-9+. The van der Waals surface area contributed by atoms with Crippen LogP contribution in [-0.4, -0.2) is 15.6 Å². The molecule has 0 bridgehead atoms. The van der Waals surface area contributed by atoms with E-state index in [1.54, 1.807) is 29.9 Å². The van der Waals surface area contributed by atoms with Crippen molar-refractivity contribution in [3.63, 3.8) is 0 Å². The summed E-state index contributed by atoms with van der Waals surface area (Å²) in [6.45, 7) is 2.16. The minimum Gasteiger partial charge on any atom is -0.484 e. The van der Waals surface area contributed by atoms with Gasteiger partial charge in [0.25, 0.3) is 0 Å². The third-order valence-electron chi connectivity index (χ3n) is 3.54. The smallest absolute Gasteiger partial charge is 0.203 e. The molecule has 5 nitrogen and oxygen atoms in total. The molecular weight excluding hydrogens is 384 g/mol. The lowest BCUT2D eigenvalue weighted by Gasteiger charge is -2.05. The predicted molar refractivity (Wildman–Crippen MR) is 98.5 cm³/mol. The molecule has 0 saturated carbocycles. The average Bonchev–Trinajstić information content (AvgIpc) is 3.18. The van der Waals surface area contributed by atoms with Crippen molar-refractivity contribution in [2.24, 2.45) is 7.05 Å². The Morgan fingerprint density at radius 3 is 2.84 bits per heavy atom. The maximum absolute atomic E-state index is 12.2. The number of hydrogen-bond donors (Lipinski definition) is 0. The molecule has 3 aromatic rings. The van der Waals surface area contributed by atoms with Crippen molar-refractivity contribution < 1.29 is 13.9 Å². The molecule has 0 aliphatic carbocycles. The first-order valence-electron chi connectivity index (χ1n) is 7.72. The Bertz CT molecular complexity index is 924. The Labute approximate surface area is 154 Å². The highest BCUT2D eigenvalue weighted by atomic mass is 79.9. The van der Waals surface area contributed by atoms with Crippen LogP contribution in [0.1, 0.15) is 27.7 Å². The molecule has 0 amide bonds. The average molecular weight is 401 g/mol. The number of ether oxygens (including phenoxy) is 1. The molecule has 6 heteroatoms. The summed E-state index contributed by atoms with van der Waals surface area (Å²) < 4.78 is 13.8. The van der Waals surface area contributed by atoms with E-state index >= 15 is 0 Å². The van der Waals surface area contributed by atoms with E-state index in [0.29, 0.717) is 23.8 Å². The van der Waals surface area contributed by atoms with Crippen molar-refractivity contribution >= 4 is 27.8 Å². The third-order valence-corrected chi connectivity index (χ3v) is 4.20. The maximum atomic E-state index is 12.2. The fourth-order valence-corrected chi connectivity index (χ4v) is 2.76. The second kappa shape index (κ2) is 7.53. The molecule has 0 saturated heterocycles. The molecule has 1 aromatic carbocycles. The Morgan fingerprint density at radius 1 is 1.32 bits per heavy atom. The molecule has 0 radical (unpaired) electrons. The van der Waals surface area contributed by atoms with Crippen molar-refractivity contribution in [1.29, 1.82) is 0 Å². The zero-order valence-corrected chi connectivity index (χ0v) is 15.5. The Morgan fingerprint density at radius 2 is 2.12 bits per heavy atom. The van der Waals surface area contributed by atoms with E-state index in [0.717, 1.165) is 15.9 Å². The minimum atomic E-state index is -0.120. The minimum absolute atomic E-state index is 0.120. The zero-order valence-electron chi connectivity index (χ0n) is 13.9. The third kappa shape index (κ3) is 4.28. The molecule has 0 aliphatic rings. The van der Waals surface area contributed by atoms with Crippen LogP contribution in [0.15, 0.2) is 57.4 Å². The first-order valence-corrected chi connectivity index (χ1v) is 8.51. The summed E-state index contributed by atoms with van der Waals surface area (Å²) in [5, 5.41) is 4.17. The van der Waals surface area contributed by atoms with Crippen LogP contribution in [0.4, 0.5) is 0 Å². The molecule has 128 valence electrons. The van der Waals surface area contributed by atoms with Gasteiger partial charge in [-0.3, -0.25) is 9.48 Å². The monoisotopic (exact) mass is 400 g/mol. The lowest BCUT2D eigenvalue weighted by Crippen LogP contribution is -2.03. The highest BCUT2D eigenvalue weighted by molar-refractivity contribution is 9.10. The van der Waals surface area contributed by atoms with Gasteiger partial charge in [-0.15, -0.1) is 0 Å². The first kappa shape index (κ1) is 17.2. The van der Waals surface area contributed by atoms with Gasteiger partial charge in [-0.05, 0) is 65.3 Å². The van der Waals surface area contributed by atoms with Crippen molar-refractivity contribution in [3.8, 4) is 5.75 Å². The van der Waals surface area contributed by atoms with E-state index in [1.807, 2.05) is 37.3 Å². The van der Waals surface area contributed by atoms with Gasteiger partial charge in [0.15, 0.2) is 0 Å². The van der Waals surface area contributed by atoms with E-state index in [4.69, 9.17) is 9.15 Å². The van der Waals surface area contributed by atoms with E-state index < -0.39 is 0 Å². The number of aryl methyl sites for hydroxylation is 2. The second-order valence-corrected chi connectivity index (χ2v) is 6.37. The summed E-state index contributed by atoms with van der Waals surface area (Å²) >= 11 is 3.43. The summed E-state index contributed by atoms with van der Waals surface area (Å²) in [5.74, 6) is 1.90. The van der Waals surface area contributed by atoms with Crippen LogP contribution in [0.2, 0.25) is 0 Å². The lowest BCUT2D eigenvalue weighted by atomic mass is 10.2. The SMILES string of the molecule is Cc1cc(C(=O)/C=C/c2ccc(COc3ccccc3Br)o2)n(C)n1. The molecule has 2 heterocycles. The fraction of sp³-hybridized carbons (Fsp3) is 0.158. The number of nitrogens with zero attached hydrogens (tertiary/aromatic N) is 2. The lowest BCUT2D eigenvalue weighted by molar-refractivity contribution is 0.103. The van der Waals surface area contributed by atoms with E-state index in [2.05, 4.69) is 21.0 Å². The Hall–Kier alpha value is -2.60. The van der Waals surface area contributed by atoms with Gasteiger partial charge < -0.3 is 9.15 Å². The van der Waals surface area contributed by atoms with Crippen LogP contribution in [0.25, 0.3) is 6.08 Å². The number of aromatic nitrogens is 2. The van der Waals surface area contributed by atoms with Gasteiger partial charge in [0.2, 0.25) is 5.78 Å². The summed E-state index contributed by atoms with van der Waals surface area (Å²) in [6, 6.07) is 13.0. The quantitative estimate of drug-likeness (QED) is 0.449. The number of benzene rings is 1. The van der Waals surface area contributed by atoms with Gasteiger partial charge in [0, 0.05) is 7.05 Å². The van der Waals surface area contributed by atoms with Crippen molar-refractivity contribution in [2.45, 2.75) is 13.5 Å². The molecule has 2 aromatic heterocycles. The number of carbonyl (C=O) groups excluding carboxylic acids is 1. The molecular formula is C19H17BrN2O3. The molecule has 0 N–H and O–H groups in total. The number of rotatable bonds is 6. The van der Waals surface area contributed by atoms with Crippen LogP contribution < -0.4 is 4.74 Å². The molecule has 3 rings (SSSR count). The second-order valence-electron chi connectivity index (χ2n) is 5.52. The number of allylic oxidation sites excluding steroid dienone is 1. The van der Waals surface area contributed by atoms with Crippen LogP contribution in [0, 0.1) is 6.92 Å². The highest BCUT2D eigenvalue weighted by Gasteiger charge is 2.09. The van der Waals surface area contributed by atoms with Gasteiger partial charge in [-0.25, -0.2) is 0 Å². The number of ketones is 1. The van der Waals surface area contributed by atoms with Crippen LogP contribution >= 0.6 is 15.9 Å². The summed E-state index contributed by atoms with van der Waals surface area (Å²) in [4.78, 5) is 12.2. The number of furan rings is 1. The van der Waals surface area contributed by atoms with Crippen LogP contribution in [0.5, 0.6) is 5.75 Å². The predicted octanol–water partition coefficient (Wildman–Crippen LogP) is 4.56. The number of carbonyl (C=O) groups is 1. The summed E-state index contributed by atoms with van der Waals surface area (Å²) in [7, 11) is 1.75. The van der Waals surface area contributed by atoms with Gasteiger partial charge in [-0.1, -0.05) is 12.1 Å². The molecule has 0 aliphatic heterocycles.